The van der Waals surface area contributed by atoms with Crippen LogP contribution >= 0.6 is 0 Å². The van der Waals surface area contributed by atoms with Crippen molar-refractivity contribution in [3.05, 3.63) is 47.5 Å². The maximum atomic E-state index is 14.0. The van der Waals surface area contributed by atoms with Crippen LogP contribution in [0.5, 0.6) is 0 Å². The predicted octanol–water partition coefficient (Wildman–Crippen LogP) is 6.32. The summed E-state index contributed by atoms with van der Waals surface area (Å²) in [5.74, 6) is 1.18. The molecule has 0 atom stereocenters. The van der Waals surface area contributed by atoms with Crippen LogP contribution in [0.4, 0.5) is 8.78 Å². The molecule has 21 heavy (non-hydrogen) atoms. The van der Waals surface area contributed by atoms with E-state index in [0.29, 0.717) is 24.2 Å². The van der Waals surface area contributed by atoms with E-state index >= 15 is 0 Å². The minimum absolute atomic E-state index is 0.196. The molecule has 0 radical (unpaired) electrons. The zero-order chi connectivity index (χ0) is 15.1. The number of hydrogen-bond acceptors (Lipinski definition) is 0. The van der Waals surface area contributed by atoms with E-state index in [1.165, 1.54) is 51.0 Å². The van der Waals surface area contributed by atoms with Gasteiger partial charge in [0.25, 0.3) is 0 Å². The second-order valence-corrected chi connectivity index (χ2v) is 6.28. The minimum atomic E-state index is -0.196. The lowest BCUT2D eigenvalue weighted by molar-refractivity contribution is 0.304. The van der Waals surface area contributed by atoms with Crippen LogP contribution in [0.25, 0.3) is 0 Å². The summed E-state index contributed by atoms with van der Waals surface area (Å²) in [5.41, 5.74) is 1.69. The number of rotatable bonds is 6. The number of halogens is 2. The van der Waals surface area contributed by atoms with Gasteiger partial charge in [0, 0.05) is 0 Å². The summed E-state index contributed by atoms with van der Waals surface area (Å²) in [6, 6.07) is 5.51. The SMILES string of the molecule is CCCC[C@H]1CC[C@H](c2ccc(CC=CF)c(F)c2)CC1. The maximum absolute atomic E-state index is 14.0. The molecule has 1 fully saturated rings. The summed E-state index contributed by atoms with van der Waals surface area (Å²) in [4.78, 5) is 0. The van der Waals surface area contributed by atoms with E-state index in [0.717, 1.165) is 11.5 Å². The number of unbranched alkanes of at least 4 members (excludes halogenated alkanes) is 1. The molecule has 0 N–H and O–H groups in total. The summed E-state index contributed by atoms with van der Waals surface area (Å²) in [6.07, 6.45) is 11.0. The summed E-state index contributed by atoms with van der Waals surface area (Å²) < 4.78 is 26.0. The van der Waals surface area contributed by atoms with Crippen LogP contribution in [0.2, 0.25) is 0 Å². The lowest BCUT2D eigenvalue weighted by Crippen LogP contribution is -2.13. The molecule has 1 saturated carbocycles. The van der Waals surface area contributed by atoms with Crippen LogP contribution in [0, 0.1) is 11.7 Å². The zero-order valence-corrected chi connectivity index (χ0v) is 13.0. The van der Waals surface area contributed by atoms with Gasteiger partial charge in [0.05, 0.1) is 6.33 Å². The third-order valence-electron chi connectivity index (χ3n) is 4.79. The number of allylic oxidation sites excluding steroid dienone is 1. The third-order valence-corrected chi connectivity index (χ3v) is 4.79. The highest BCUT2D eigenvalue weighted by Crippen LogP contribution is 2.38. The molecular formula is C19H26F2. The Kier molecular flexibility index (Phi) is 6.41. The molecule has 1 aliphatic rings. The van der Waals surface area contributed by atoms with Gasteiger partial charge in [-0.3, -0.25) is 0 Å². The fourth-order valence-corrected chi connectivity index (χ4v) is 3.43. The Hall–Kier alpha value is -1.18. The average Bonchev–Trinajstić information content (AvgIpc) is 2.52. The van der Waals surface area contributed by atoms with Crippen molar-refractivity contribution in [1.82, 2.24) is 0 Å². The largest absolute Gasteiger partial charge is 0.216 e. The van der Waals surface area contributed by atoms with Gasteiger partial charge in [0.2, 0.25) is 0 Å². The topological polar surface area (TPSA) is 0 Å². The molecule has 0 unspecified atom stereocenters. The van der Waals surface area contributed by atoms with Gasteiger partial charge in [-0.25, -0.2) is 8.78 Å². The highest BCUT2D eigenvalue weighted by Gasteiger charge is 2.22. The predicted molar refractivity (Wildman–Crippen MR) is 84.6 cm³/mol. The van der Waals surface area contributed by atoms with E-state index in [1.807, 2.05) is 12.1 Å². The van der Waals surface area contributed by atoms with Gasteiger partial charge >= 0.3 is 0 Å². The smallest absolute Gasteiger partial charge is 0.126 e. The third kappa shape index (κ3) is 4.66. The molecule has 116 valence electrons. The second-order valence-electron chi connectivity index (χ2n) is 6.28. The number of hydrogen-bond donors (Lipinski definition) is 0. The molecule has 0 spiro atoms. The molecule has 0 bridgehead atoms. The van der Waals surface area contributed by atoms with Crippen molar-refractivity contribution in [2.45, 2.75) is 64.2 Å². The van der Waals surface area contributed by atoms with E-state index in [-0.39, 0.29) is 5.82 Å². The van der Waals surface area contributed by atoms with Gasteiger partial charge in [0.15, 0.2) is 0 Å². The molecular weight excluding hydrogens is 266 g/mol. The van der Waals surface area contributed by atoms with Crippen molar-refractivity contribution < 1.29 is 8.78 Å². The Labute approximate surface area is 127 Å². The lowest BCUT2D eigenvalue weighted by Gasteiger charge is -2.29. The van der Waals surface area contributed by atoms with E-state index in [9.17, 15) is 8.78 Å². The van der Waals surface area contributed by atoms with Crippen molar-refractivity contribution in [3.8, 4) is 0 Å². The van der Waals surface area contributed by atoms with Gasteiger partial charge in [-0.2, -0.15) is 0 Å². The van der Waals surface area contributed by atoms with Crippen LogP contribution in [0.3, 0.4) is 0 Å². The van der Waals surface area contributed by atoms with Crippen LogP contribution < -0.4 is 0 Å². The first-order valence-corrected chi connectivity index (χ1v) is 8.28. The molecule has 0 aromatic heterocycles. The molecule has 0 nitrogen and oxygen atoms in total. The Balaban J connectivity index is 1.92. The van der Waals surface area contributed by atoms with Crippen molar-refractivity contribution in [1.29, 1.82) is 0 Å². The quantitative estimate of drug-likeness (QED) is 0.576. The van der Waals surface area contributed by atoms with Gasteiger partial charge in [-0.15, -0.1) is 0 Å². The molecule has 0 amide bonds. The molecule has 1 aromatic rings. The average molecular weight is 292 g/mol. The highest BCUT2D eigenvalue weighted by molar-refractivity contribution is 5.28. The van der Waals surface area contributed by atoms with Crippen molar-refractivity contribution in [2.75, 3.05) is 0 Å². The first kappa shape index (κ1) is 16.2. The first-order valence-electron chi connectivity index (χ1n) is 8.28. The molecule has 1 aliphatic carbocycles. The van der Waals surface area contributed by atoms with E-state index in [2.05, 4.69) is 6.92 Å². The standard InChI is InChI=1S/C19H26F2/c1-2-3-5-15-7-9-16(10-8-15)18-12-11-17(6-4-13-20)19(21)14-18/h4,11-16H,2-3,5-10H2,1H3/t15-,16-. The molecule has 1 aromatic carbocycles. The van der Waals surface area contributed by atoms with Crippen LogP contribution in [-0.4, -0.2) is 0 Å². The van der Waals surface area contributed by atoms with E-state index in [1.54, 1.807) is 6.07 Å². The molecule has 0 heterocycles. The zero-order valence-electron chi connectivity index (χ0n) is 13.0. The number of benzene rings is 1. The molecule has 0 aliphatic heterocycles. The molecule has 2 heteroatoms. The molecule has 0 saturated heterocycles. The highest BCUT2D eigenvalue weighted by atomic mass is 19.1. The van der Waals surface area contributed by atoms with Gasteiger partial charge in [-0.05, 0) is 61.1 Å². The van der Waals surface area contributed by atoms with Gasteiger partial charge in [-0.1, -0.05) is 44.4 Å². The minimum Gasteiger partial charge on any atom is -0.216 e. The van der Waals surface area contributed by atoms with Crippen molar-refractivity contribution >= 4 is 0 Å². The first-order chi connectivity index (χ1) is 10.2. The maximum Gasteiger partial charge on any atom is 0.126 e. The van der Waals surface area contributed by atoms with Crippen LogP contribution in [-0.2, 0) is 6.42 Å². The van der Waals surface area contributed by atoms with Crippen LogP contribution in [0.1, 0.15) is 68.9 Å². The summed E-state index contributed by atoms with van der Waals surface area (Å²) in [7, 11) is 0. The Bertz CT molecular complexity index is 457. The normalized spacial score (nSPS) is 22.8. The summed E-state index contributed by atoms with van der Waals surface area (Å²) in [6.45, 7) is 2.24. The Morgan fingerprint density at radius 1 is 1.19 bits per heavy atom. The fraction of sp³-hybridized carbons (Fsp3) is 0.579. The van der Waals surface area contributed by atoms with E-state index < -0.39 is 0 Å². The summed E-state index contributed by atoms with van der Waals surface area (Å²) in [5, 5.41) is 0. The van der Waals surface area contributed by atoms with Gasteiger partial charge < -0.3 is 0 Å². The monoisotopic (exact) mass is 292 g/mol. The Morgan fingerprint density at radius 2 is 1.95 bits per heavy atom. The van der Waals surface area contributed by atoms with E-state index in [4.69, 9.17) is 0 Å². The summed E-state index contributed by atoms with van der Waals surface area (Å²) >= 11 is 0. The fourth-order valence-electron chi connectivity index (χ4n) is 3.43. The van der Waals surface area contributed by atoms with Gasteiger partial charge in [0.1, 0.15) is 5.82 Å². The lowest BCUT2D eigenvalue weighted by atomic mass is 9.77. The van der Waals surface area contributed by atoms with Crippen molar-refractivity contribution in [3.63, 3.8) is 0 Å². The Morgan fingerprint density at radius 3 is 2.57 bits per heavy atom. The second kappa shape index (κ2) is 8.31. The van der Waals surface area contributed by atoms with Crippen LogP contribution in [0.15, 0.2) is 30.6 Å². The van der Waals surface area contributed by atoms with Crippen molar-refractivity contribution in [2.24, 2.45) is 5.92 Å². The molecule has 2 rings (SSSR count).